The maximum atomic E-state index is 12.0. The van der Waals surface area contributed by atoms with Crippen LogP contribution in [0.15, 0.2) is 0 Å². The fraction of sp³-hybridized carbons (Fsp3) is 0.875. The Labute approximate surface area is 134 Å². The summed E-state index contributed by atoms with van der Waals surface area (Å²) in [6.07, 6.45) is 0.661. The summed E-state index contributed by atoms with van der Waals surface area (Å²) >= 11 is 0. The highest BCUT2D eigenvalue weighted by Gasteiger charge is 2.30. The first-order valence-electron chi connectivity index (χ1n) is 8.08. The Balaban J connectivity index is 4.31. The summed E-state index contributed by atoms with van der Waals surface area (Å²) in [7, 11) is 0. The average molecular weight is 316 g/mol. The van der Waals surface area contributed by atoms with Crippen LogP contribution in [0.3, 0.4) is 0 Å². The standard InChI is InChI=1S/C16H32N2O4/c1-6-21-10-8-14(19)17-12-16(5,13(3)4)18-15(20)9-11-22-7-2/h13H,6-12H2,1-5H3,(H,17,19)(H,18,20). The third-order valence-electron chi connectivity index (χ3n) is 3.71. The Morgan fingerprint density at radius 3 is 1.95 bits per heavy atom. The number of hydrogen-bond donors (Lipinski definition) is 2. The molecule has 0 aromatic carbocycles. The van der Waals surface area contributed by atoms with Gasteiger partial charge in [0, 0.05) is 32.6 Å². The lowest BCUT2D eigenvalue weighted by atomic mass is 9.88. The van der Waals surface area contributed by atoms with E-state index >= 15 is 0 Å². The molecule has 22 heavy (non-hydrogen) atoms. The van der Waals surface area contributed by atoms with E-state index < -0.39 is 5.54 Å². The molecule has 2 N–H and O–H groups in total. The molecule has 0 spiro atoms. The van der Waals surface area contributed by atoms with E-state index in [1.54, 1.807) is 0 Å². The van der Waals surface area contributed by atoms with E-state index in [-0.39, 0.29) is 17.7 Å². The van der Waals surface area contributed by atoms with Crippen LogP contribution in [0.4, 0.5) is 0 Å². The summed E-state index contributed by atoms with van der Waals surface area (Å²) in [5, 5.41) is 5.88. The molecule has 0 saturated carbocycles. The second kappa shape index (κ2) is 11.4. The minimum Gasteiger partial charge on any atom is -0.381 e. The number of rotatable bonds is 12. The van der Waals surface area contributed by atoms with Gasteiger partial charge in [0.25, 0.3) is 0 Å². The minimum atomic E-state index is -0.482. The molecule has 6 heteroatoms. The van der Waals surface area contributed by atoms with Gasteiger partial charge in [-0.3, -0.25) is 9.59 Å². The molecule has 0 fully saturated rings. The highest BCUT2D eigenvalue weighted by Crippen LogP contribution is 2.16. The van der Waals surface area contributed by atoms with Crippen molar-refractivity contribution in [2.75, 3.05) is 33.0 Å². The van der Waals surface area contributed by atoms with E-state index in [9.17, 15) is 9.59 Å². The third-order valence-corrected chi connectivity index (χ3v) is 3.71. The summed E-state index contributed by atoms with van der Waals surface area (Å²) in [5.74, 6) is 0.0628. The fourth-order valence-electron chi connectivity index (χ4n) is 1.76. The van der Waals surface area contributed by atoms with Gasteiger partial charge in [-0.25, -0.2) is 0 Å². The zero-order chi connectivity index (χ0) is 17.0. The normalized spacial score (nSPS) is 13.7. The maximum absolute atomic E-state index is 12.0. The molecule has 0 aliphatic carbocycles. The Morgan fingerprint density at radius 1 is 1.00 bits per heavy atom. The van der Waals surface area contributed by atoms with Crippen molar-refractivity contribution in [3.05, 3.63) is 0 Å². The topological polar surface area (TPSA) is 76.7 Å². The zero-order valence-electron chi connectivity index (χ0n) is 14.7. The first-order valence-corrected chi connectivity index (χ1v) is 8.08. The minimum absolute atomic E-state index is 0.0618. The SMILES string of the molecule is CCOCCC(=O)NCC(C)(NC(=O)CCOCC)C(C)C. The smallest absolute Gasteiger partial charge is 0.222 e. The molecule has 0 aromatic heterocycles. The summed E-state index contributed by atoms with van der Waals surface area (Å²) in [4.78, 5) is 23.7. The quantitative estimate of drug-likeness (QED) is 0.535. The van der Waals surface area contributed by atoms with Crippen molar-refractivity contribution in [1.82, 2.24) is 10.6 Å². The monoisotopic (exact) mass is 316 g/mol. The molecule has 1 atom stereocenters. The molecule has 0 radical (unpaired) electrons. The predicted molar refractivity (Wildman–Crippen MR) is 86.6 cm³/mol. The van der Waals surface area contributed by atoms with Crippen LogP contribution < -0.4 is 10.6 Å². The van der Waals surface area contributed by atoms with Crippen molar-refractivity contribution in [3.63, 3.8) is 0 Å². The number of ether oxygens (including phenoxy) is 2. The maximum Gasteiger partial charge on any atom is 0.222 e. The van der Waals surface area contributed by atoms with Gasteiger partial charge in [-0.2, -0.15) is 0 Å². The predicted octanol–water partition coefficient (Wildman–Crippen LogP) is 1.49. The van der Waals surface area contributed by atoms with Crippen LogP contribution in [0, 0.1) is 5.92 Å². The molecular weight excluding hydrogens is 284 g/mol. The van der Waals surface area contributed by atoms with Gasteiger partial charge in [0.1, 0.15) is 0 Å². The van der Waals surface area contributed by atoms with Gasteiger partial charge in [0.2, 0.25) is 11.8 Å². The van der Waals surface area contributed by atoms with Crippen LogP contribution in [-0.2, 0) is 19.1 Å². The van der Waals surface area contributed by atoms with Crippen molar-refractivity contribution in [3.8, 4) is 0 Å². The van der Waals surface area contributed by atoms with Gasteiger partial charge in [0.15, 0.2) is 0 Å². The Hall–Kier alpha value is -1.14. The molecular formula is C16H32N2O4. The zero-order valence-corrected chi connectivity index (χ0v) is 14.7. The molecule has 0 heterocycles. The fourth-order valence-corrected chi connectivity index (χ4v) is 1.76. The number of carbonyl (C=O) groups excluding carboxylic acids is 2. The van der Waals surface area contributed by atoms with Crippen molar-refractivity contribution >= 4 is 11.8 Å². The van der Waals surface area contributed by atoms with Gasteiger partial charge in [-0.15, -0.1) is 0 Å². The van der Waals surface area contributed by atoms with E-state index in [2.05, 4.69) is 10.6 Å². The molecule has 6 nitrogen and oxygen atoms in total. The van der Waals surface area contributed by atoms with E-state index in [0.29, 0.717) is 45.8 Å². The molecule has 0 bridgehead atoms. The lowest BCUT2D eigenvalue weighted by Gasteiger charge is -2.35. The summed E-state index contributed by atoms with van der Waals surface area (Å²) in [6, 6.07) is 0. The van der Waals surface area contributed by atoms with Crippen LogP contribution in [0.5, 0.6) is 0 Å². The van der Waals surface area contributed by atoms with E-state index in [1.165, 1.54) is 0 Å². The highest BCUT2D eigenvalue weighted by atomic mass is 16.5. The highest BCUT2D eigenvalue weighted by molar-refractivity contribution is 5.78. The van der Waals surface area contributed by atoms with Crippen LogP contribution in [0.25, 0.3) is 0 Å². The largest absolute Gasteiger partial charge is 0.381 e. The van der Waals surface area contributed by atoms with Gasteiger partial charge in [-0.05, 0) is 26.7 Å². The van der Waals surface area contributed by atoms with Gasteiger partial charge in [0.05, 0.1) is 18.8 Å². The van der Waals surface area contributed by atoms with Crippen LogP contribution in [-0.4, -0.2) is 50.3 Å². The molecule has 0 aliphatic heterocycles. The van der Waals surface area contributed by atoms with Crippen molar-refractivity contribution < 1.29 is 19.1 Å². The van der Waals surface area contributed by atoms with Crippen molar-refractivity contribution in [2.24, 2.45) is 5.92 Å². The van der Waals surface area contributed by atoms with Crippen molar-refractivity contribution in [1.29, 1.82) is 0 Å². The molecule has 0 aromatic rings. The van der Waals surface area contributed by atoms with E-state index in [4.69, 9.17) is 9.47 Å². The van der Waals surface area contributed by atoms with Crippen LogP contribution >= 0.6 is 0 Å². The summed E-state index contributed by atoms with van der Waals surface area (Å²) < 4.78 is 10.3. The molecule has 0 saturated heterocycles. The molecule has 0 aliphatic rings. The van der Waals surface area contributed by atoms with Crippen LogP contribution in [0.1, 0.15) is 47.5 Å². The first-order chi connectivity index (χ1) is 10.4. The molecule has 1 unspecified atom stereocenters. The van der Waals surface area contributed by atoms with Gasteiger partial charge < -0.3 is 20.1 Å². The average Bonchev–Trinajstić information content (AvgIpc) is 2.45. The van der Waals surface area contributed by atoms with Gasteiger partial charge in [-0.1, -0.05) is 13.8 Å². The lowest BCUT2D eigenvalue weighted by molar-refractivity contribution is -0.126. The summed E-state index contributed by atoms with van der Waals surface area (Å²) in [6.45, 7) is 12.2. The summed E-state index contributed by atoms with van der Waals surface area (Å²) in [5.41, 5.74) is -0.482. The van der Waals surface area contributed by atoms with E-state index in [1.807, 2.05) is 34.6 Å². The molecule has 2 amide bonds. The molecule has 0 rings (SSSR count). The number of amides is 2. The Morgan fingerprint density at radius 2 is 1.50 bits per heavy atom. The Bertz CT molecular complexity index is 334. The molecule has 130 valence electrons. The Kier molecular flexibility index (Phi) is 10.8. The lowest BCUT2D eigenvalue weighted by Crippen LogP contribution is -2.57. The first kappa shape index (κ1) is 20.9. The second-order valence-electron chi connectivity index (χ2n) is 5.79. The number of nitrogens with one attached hydrogen (secondary N) is 2. The second-order valence-corrected chi connectivity index (χ2v) is 5.79. The van der Waals surface area contributed by atoms with Gasteiger partial charge >= 0.3 is 0 Å². The van der Waals surface area contributed by atoms with E-state index in [0.717, 1.165) is 0 Å². The number of carbonyl (C=O) groups is 2. The van der Waals surface area contributed by atoms with Crippen molar-refractivity contribution in [2.45, 2.75) is 53.0 Å². The van der Waals surface area contributed by atoms with Crippen LogP contribution in [0.2, 0.25) is 0 Å². The third kappa shape index (κ3) is 9.00. The number of hydrogen-bond acceptors (Lipinski definition) is 4.